The summed E-state index contributed by atoms with van der Waals surface area (Å²) in [6, 6.07) is 12.3. The highest BCUT2D eigenvalue weighted by Gasteiger charge is 2.49. The van der Waals surface area contributed by atoms with Gasteiger partial charge in [0.05, 0.1) is 19.8 Å². The Bertz CT molecular complexity index is 1060. The average Bonchev–Trinajstić information content (AvgIpc) is 2.95. The zero-order chi connectivity index (χ0) is 24.5. The van der Waals surface area contributed by atoms with Crippen LogP contribution >= 0.6 is 0 Å². The van der Waals surface area contributed by atoms with E-state index < -0.39 is 23.6 Å². The van der Waals surface area contributed by atoms with Crippen LogP contribution in [0.15, 0.2) is 42.5 Å². The first kappa shape index (κ1) is 23.9. The van der Waals surface area contributed by atoms with E-state index in [9.17, 15) is 14.7 Å². The van der Waals surface area contributed by atoms with E-state index in [0.717, 1.165) is 11.3 Å². The van der Waals surface area contributed by atoms with Crippen molar-refractivity contribution in [1.82, 2.24) is 10.2 Å². The predicted octanol–water partition coefficient (Wildman–Crippen LogP) is 3.35. The second kappa shape index (κ2) is 9.18. The molecular weight excluding hydrogens is 436 g/mol. The lowest BCUT2D eigenvalue weighted by Gasteiger charge is -2.24. The van der Waals surface area contributed by atoms with E-state index in [-0.39, 0.29) is 18.6 Å². The molecule has 2 N–H and O–H groups in total. The molecule has 182 valence electrons. The van der Waals surface area contributed by atoms with Gasteiger partial charge in [0, 0.05) is 6.42 Å². The van der Waals surface area contributed by atoms with Gasteiger partial charge in [-0.05, 0) is 47.7 Å². The standard InChI is InChI=1S/C26H32N2O6/c1-25(2,3)17-6-9-20(10-7-17)34-16-19(29)15-28-23(30)26(4,27-24(28)31)18-8-11-21-22(14-18)33-13-5-12-32-21/h6-11,14,19,29H,5,12-13,15-16H2,1-4H3,(H,27,31). The van der Waals surface area contributed by atoms with Crippen LogP contribution < -0.4 is 19.5 Å². The zero-order valence-electron chi connectivity index (χ0n) is 20.1. The van der Waals surface area contributed by atoms with Crippen LogP contribution in [-0.4, -0.2) is 54.4 Å². The maximum Gasteiger partial charge on any atom is 0.325 e. The molecule has 0 bridgehead atoms. The number of carbonyl (C=O) groups excluding carboxylic acids is 2. The number of amides is 3. The smallest absolute Gasteiger partial charge is 0.325 e. The minimum atomic E-state index is -1.27. The Hall–Kier alpha value is -3.26. The number of fused-ring (bicyclic) bond motifs is 1. The molecule has 4 rings (SSSR count). The predicted molar refractivity (Wildman–Crippen MR) is 126 cm³/mol. The number of nitrogens with one attached hydrogen (secondary N) is 1. The van der Waals surface area contributed by atoms with Gasteiger partial charge in [0.1, 0.15) is 24.0 Å². The van der Waals surface area contributed by atoms with Crippen LogP contribution in [0.2, 0.25) is 0 Å². The molecule has 0 radical (unpaired) electrons. The van der Waals surface area contributed by atoms with Crippen LogP contribution in [0.5, 0.6) is 17.2 Å². The third-order valence-corrected chi connectivity index (χ3v) is 6.16. The van der Waals surface area contributed by atoms with Gasteiger partial charge in [-0.3, -0.25) is 9.69 Å². The Labute approximate surface area is 199 Å². The van der Waals surface area contributed by atoms with Gasteiger partial charge in [-0.25, -0.2) is 4.79 Å². The summed E-state index contributed by atoms with van der Waals surface area (Å²) in [7, 11) is 0. The summed E-state index contributed by atoms with van der Waals surface area (Å²) in [5.74, 6) is 1.33. The van der Waals surface area contributed by atoms with Crippen molar-refractivity contribution >= 4 is 11.9 Å². The molecule has 2 atom stereocenters. The summed E-state index contributed by atoms with van der Waals surface area (Å²) in [4.78, 5) is 26.9. The van der Waals surface area contributed by atoms with E-state index in [0.29, 0.717) is 36.0 Å². The number of urea groups is 1. The number of benzene rings is 2. The number of β-amino-alcohol motifs (C(OH)–C–C–N with tert-alkyl or cyclic N) is 1. The van der Waals surface area contributed by atoms with Crippen molar-refractivity contribution in [3.05, 3.63) is 53.6 Å². The van der Waals surface area contributed by atoms with E-state index in [4.69, 9.17) is 14.2 Å². The topological polar surface area (TPSA) is 97.3 Å². The van der Waals surface area contributed by atoms with Gasteiger partial charge in [-0.2, -0.15) is 0 Å². The largest absolute Gasteiger partial charge is 0.491 e. The first-order chi connectivity index (χ1) is 16.1. The zero-order valence-corrected chi connectivity index (χ0v) is 20.1. The molecule has 2 unspecified atom stereocenters. The van der Waals surface area contributed by atoms with E-state index in [1.807, 2.05) is 24.3 Å². The Kier molecular flexibility index (Phi) is 6.45. The molecule has 8 nitrogen and oxygen atoms in total. The van der Waals surface area contributed by atoms with Crippen LogP contribution in [-0.2, 0) is 15.7 Å². The number of aliphatic hydroxyl groups is 1. The van der Waals surface area contributed by atoms with E-state index >= 15 is 0 Å². The highest BCUT2D eigenvalue weighted by molar-refractivity contribution is 6.07. The third-order valence-electron chi connectivity index (χ3n) is 6.16. The lowest BCUT2D eigenvalue weighted by molar-refractivity contribution is -0.132. The number of carbonyl (C=O) groups is 2. The molecule has 2 aliphatic heterocycles. The molecule has 0 aliphatic carbocycles. The van der Waals surface area contributed by atoms with Gasteiger partial charge in [0.2, 0.25) is 0 Å². The fraction of sp³-hybridized carbons (Fsp3) is 0.462. The second-order valence-corrected chi connectivity index (χ2v) is 9.92. The van der Waals surface area contributed by atoms with Gasteiger partial charge in [-0.15, -0.1) is 0 Å². The molecule has 2 aromatic rings. The summed E-state index contributed by atoms with van der Waals surface area (Å²) in [6.07, 6.45) is -0.270. The van der Waals surface area contributed by atoms with Crippen LogP contribution in [0.3, 0.4) is 0 Å². The molecule has 0 aromatic heterocycles. The fourth-order valence-electron chi connectivity index (χ4n) is 4.04. The van der Waals surface area contributed by atoms with Gasteiger partial charge in [0.15, 0.2) is 11.5 Å². The van der Waals surface area contributed by atoms with Crippen molar-refractivity contribution in [2.45, 2.75) is 51.2 Å². The number of rotatable bonds is 6. The number of aliphatic hydroxyl groups excluding tert-OH is 1. The summed E-state index contributed by atoms with van der Waals surface area (Å²) in [6.45, 7) is 8.89. The summed E-state index contributed by atoms with van der Waals surface area (Å²) < 4.78 is 17.1. The highest BCUT2D eigenvalue weighted by atomic mass is 16.5. The summed E-state index contributed by atoms with van der Waals surface area (Å²) in [5, 5.41) is 13.2. The molecule has 3 amide bonds. The van der Waals surface area contributed by atoms with Crippen molar-refractivity contribution in [2.24, 2.45) is 0 Å². The summed E-state index contributed by atoms with van der Waals surface area (Å²) in [5.41, 5.74) is 0.520. The van der Waals surface area contributed by atoms with E-state index in [1.165, 1.54) is 5.56 Å². The Balaban J connectivity index is 1.40. The number of hydrogen-bond donors (Lipinski definition) is 2. The van der Waals surface area contributed by atoms with Crippen molar-refractivity contribution in [2.75, 3.05) is 26.4 Å². The SMILES string of the molecule is CC(C)(C)c1ccc(OCC(O)CN2C(=O)NC(C)(c3ccc4c(c3)OCCCO4)C2=O)cc1. The number of hydrogen-bond acceptors (Lipinski definition) is 6. The minimum absolute atomic E-state index is 0.0323. The van der Waals surface area contributed by atoms with Gasteiger partial charge in [-0.1, -0.05) is 39.0 Å². The van der Waals surface area contributed by atoms with Crippen LogP contribution in [0.4, 0.5) is 4.79 Å². The molecule has 34 heavy (non-hydrogen) atoms. The van der Waals surface area contributed by atoms with Crippen molar-refractivity contribution in [1.29, 1.82) is 0 Å². The van der Waals surface area contributed by atoms with Crippen molar-refractivity contribution in [3.63, 3.8) is 0 Å². The second-order valence-electron chi connectivity index (χ2n) is 9.92. The quantitative estimate of drug-likeness (QED) is 0.631. The first-order valence-corrected chi connectivity index (χ1v) is 11.5. The highest BCUT2D eigenvalue weighted by Crippen LogP contribution is 2.36. The third kappa shape index (κ3) is 4.82. The number of nitrogens with zero attached hydrogens (tertiary/aromatic N) is 1. The molecule has 1 fully saturated rings. The number of ether oxygens (including phenoxy) is 3. The molecule has 0 saturated carbocycles. The van der Waals surface area contributed by atoms with Crippen molar-refractivity contribution < 1.29 is 28.9 Å². The molecular formula is C26H32N2O6. The van der Waals surface area contributed by atoms with Crippen LogP contribution in [0, 0.1) is 0 Å². The molecule has 0 spiro atoms. The minimum Gasteiger partial charge on any atom is -0.491 e. The lowest BCUT2D eigenvalue weighted by Crippen LogP contribution is -2.42. The average molecular weight is 469 g/mol. The van der Waals surface area contributed by atoms with Gasteiger partial charge in [0.25, 0.3) is 5.91 Å². The number of imide groups is 1. The Morgan fingerprint density at radius 1 is 1.09 bits per heavy atom. The van der Waals surface area contributed by atoms with Crippen LogP contribution in [0.25, 0.3) is 0 Å². The van der Waals surface area contributed by atoms with Gasteiger partial charge < -0.3 is 24.6 Å². The van der Waals surface area contributed by atoms with E-state index in [2.05, 4.69) is 26.1 Å². The molecule has 2 heterocycles. The molecule has 2 aromatic carbocycles. The Morgan fingerprint density at radius 2 is 1.76 bits per heavy atom. The lowest BCUT2D eigenvalue weighted by atomic mass is 9.87. The maximum absolute atomic E-state index is 13.2. The molecule has 1 saturated heterocycles. The maximum atomic E-state index is 13.2. The fourth-order valence-corrected chi connectivity index (χ4v) is 4.04. The first-order valence-electron chi connectivity index (χ1n) is 11.5. The summed E-state index contributed by atoms with van der Waals surface area (Å²) >= 11 is 0. The van der Waals surface area contributed by atoms with Crippen molar-refractivity contribution in [3.8, 4) is 17.2 Å². The normalized spacial score (nSPS) is 21.1. The van der Waals surface area contributed by atoms with Gasteiger partial charge >= 0.3 is 6.03 Å². The molecule has 2 aliphatic rings. The molecule has 8 heteroatoms. The monoisotopic (exact) mass is 468 g/mol. The van der Waals surface area contributed by atoms with Crippen LogP contribution in [0.1, 0.15) is 45.2 Å². The van der Waals surface area contributed by atoms with E-state index in [1.54, 1.807) is 25.1 Å². The Morgan fingerprint density at radius 3 is 2.44 bits per heavy atom.